The number of aromatic nitrogens is 1. The highest BCUT2D eigenvalue weighted by atomic mass is 32.1. The largest absolute Gasteiger partial charge is 0.336 e. The molecular formula is C20H25N3OS. The van der Waals surface area contributed by atoms with Gasteiger partial charge in [0.15, 0.2) is 0 Å². The minimum absolute atomic E-state index is 0.182. The van der Waals surface area contributed by atoms with Gasteiger partial charge >= 0.3 is 0 Å². The SMILES string of the molecule is Cc1nc(C)c(C(=O)N2C[C@@H]3CC[C@H](C2)N(Cc2ccccc2)C3)s1. The van der Waals surface area contributed by atoms with Gasteiger partial charge in [-0.05, 0) is 38.2 Å². The maximum absolute atomic E-state index is 13.0. The standard InChI is InChI=1S/C20H25N3OS/c1-14-19(25-15(2)21-14)20(24)23-12-17-8-9-18(13-23)22(11-17)10-16-6-4-3-5-7-16/h3-7,17-18H,8-13H2,1-2H3/t17-,18-/m1/s1. The zero-order chi connectivity index (χ0) is 17.4. The zero-order valence-electron chi connectivity index (χ0n) is 14.9. The molecule has 132 valence electrons. The number of carbonyl (C=O) groups excluding carboxylic acids is 1. The number of fused-ring (bicyclic) bond motifs is 4. The first-order chi connectivity index (χ1) is 12.1. The Morgan fingerprint density at radius 1 is 1.16 bits per heavy atom. The molecule has 2 aromatic rings. The van der Waals surface area contributed by atoms with Crippen LogP contribution in [0.25, 0.3) is 0 Å². The molecule has 2 bridgehead atoms. The van der Waals surface area contributed by atoms with Crippen LogP contribution in [0.4, 0.5) is 0 Å². The van der Waals surface area contributed by atoms with Crippen molar-refractivity contribution >= 4 is 17.2 Å². The van der Waals surface area contributed by atoms with Crippen LogP contribution in [0.2, 0.25) is 0 Å². The van der Waals surface area contributed by atoms with E-state index in [-0.39, 0.29) is 5.91 Å². The lowest BCUT2D eigenvalue weighted by atomic mass is 9.94. The van der Waals surface area contributed by atoms with E-state index in [9.17, 15) is 4.79 Å². The molecule has 0 N–H and O–H groups in total. The number of nitrogens with zero attached hydrogens (tertiary/aromatic N) is 3. The van der Waals surface area contributed by atoms with Crippen LogP contribution in [-0.2, 0) is 6.54 Å². The summed E-state index contributed by atoms with van der Waals surface area (Å²) >= 11 is 1.53. The van der Waals surface area contributed by atoms with E-state index in [1.165, 1.54) is 29.7 Å². The predicted octanol–water partition coefficient (Wildman–Crippen LogP) is 3.50. The summed E-state index contributed by atoms with van der Waals surface area (Å²) in [7, 11) is 0. The van der Waals surface area contributed by atoms with Crippen molar-refractivity contribution in [2.75, 3.05) is 19.6 Å². The van der Waals surface area contributed by atoms with Crippen molar-refractivity contribution in [1.29, 1.82) is 0 Å². The van der Waals surface area contributed by atoms with Crippen molar-refractivity contribution in [3.05, 3.63) is 51.5 Å². The molecule has 0 saturated carbocycles. The number of amides is 1. The molecule has 4 heterocycles. The third kappa shape index (κ3) is 3.48. The first-order valence-corrected chi connectivity index (χ1v) is 9.93. The molecule has 25 heavy (non-hydrogen) atoms. The highest BCUT2D eigenvalue weighted by Gasteiger charge is 2.37. The van der Waals surface area contributed by atoms with Gasteiger partial charge in [0.05, 0.1) is 10.7 Å². The average Bonchev–Trinajstić information content (AvgIpc) is 2.78. The topological polar surface area (TPSA) is 36.4 Å². The Morgan fingerprint density at radius 2 is 1.96 bits per heavy atom. The molecule has 2 atom stereocenters. The van der Waals surface area contributed by atoms with Gasteiger partial charge in [0.25, 0.3) is 5.91 Å². The fraction of sp³-hybridized carbons (Fsp3) is 0.500. The van der Waals surface area contributed by atoms with Crippen molar-refractivity contribution in [2.45, 2.75) is 39.3 Å². The van der Waals surface area contributed by atoms with E-state index in [0.29, 0.717) is 12.0 Å². The molecule has 1 amide bonds. The lowest BCUT2D eigenvalue weighted by molar-refractivity contribution is 0.0740. The van der Waals surface area contributed by atoms with E-state index < -0.39 is 0 Å². The number of rotatable bonds is 3. The number of aryl methyl sites for hydroxylation is 2. The van der Waals surface area contributed by atoms with Crippen LogP contribution in [-0.4, -0.2) is 46.4 Å². The second-order valence-corrected chi connectivity index (χ2v) is 8.57. The van der Waals surface area contributed by atoms with Crippen LogP contribution in [0.5, 0.6) is 0 Å². The Morgan fingerprint density at radius 3 is 2.68 bits per heavy atom. The van der Waals surface area contributed by atoms with Crippen molar-refractivity contribution < 1.29 is 4.79 Å². The highest BCUT2D eigenvalue weighted by Crippen LogP contribution is 2.31. The van der Waals surface area contributed by atoms with Gasteiger partial charge in [0.2, 0.25) is 0 Å². The predicted molar refractivity (Wildman–Crippen MR) is 101 cm³/mol. The Hall–Kier alpha value is -1.72. The fourth-order valence-electron chi connectivity index (χ4n) is 4.23. The van der Waals surface area contributed by atoms with Gasteiger partial charge in [-0.1, -0.05) is 30.3 Å². The Bertz CT molecular complexity index is 758. The van der Waals surface area contributed by atoms with Crippen LogP contribution >= 0.6 is 11.3 Å². The van der Waals surface area contributed by atoms with Crippen molar-refractivity contribution in [1.82, 2.24) is 14.8 Å². The Balaban J connectivity index is 1.51. The first-order valence-electron chi connectivity index (χ1n) is 9.11. The van der Waals surface area contributed by atoms with Crippen molar-refractivity contribution in [3.8, 4) is 0 Å². The maximum Gasteiger partial charge on any atom is 0.265 e. The number of thiazole rings is 1. The summed E-state index contributed by atoms with van der Waals surface area (Å²) in [6.07, 6.45) is 2.43. The molecule has 1 aromatic carbocycles. The van der Waals surface area contributed by atoms with E-state index >= 15 is 0 Å². The Labute approximate surface area is 153 Å². The molecular weight excluding hydrogens is 330 g/mol. The van der Waals surface area contributed by atoms with Gasteiger partial charge in [-0.25, -0.2) is 4.98 Å². The highest BCUT2D eigenvalue weighted by molar-refractivity contribution is 7.13. The molecule has 5 heteroatoms. The summed E-state index contributed by atoms with van der Waals surface area (Å²) in [5.41, 5.74) is 2.24. The second kappa shape index (κ2) is 6.89. The van der Waals surface area contributed by atoms with Gasteiger partial charge in [-0.15, -0.1) is 11.3 Å². The zero-order valence-corrected chi connectivity index (χ0v) is 15.8. The van der Waals surface area contributed by atoms with Crippen LogP contribution in [0, 0.1) is 19.8 Å². The third-order valence-corrected chi connectivity index (χ3v) is 6.50. The molecule has 4 nitrogen and oxygen atoms in total. The van der Waals surface area contributed by atoms with Crippen molar-refractivity contribution in [2.24, 2.45) is 5.92 Å². The number of benzene rings is 1. The van der Waals surface area contributed by atoms with E-state index in [1.807, 2.05) is 13.8 Å². The van der Waals surface area contributed by atoms with Gasteiger partial charge in [0, 0.05) is 32.2 Å². The lowest BCUT2D eigenvalue weighted by Crippen LogP contribution is -2.43. The maximum atomic E-state index is 13.0. The molecule has 3 aliphatic heterocycles. The molecule has 3 aliphatic rings. The number of carbonyl (C=O) groups is 1. The van der Waals surface area contributed by atoms with Gasteiger partial charge in [-0.3, -0.25) is 9.69 Å². The smallest absolute Gasteiger partial charge is 0.265 e. The van der Waals surface area contributed by atoms with E-state index in [4.69, 9.17) is 0 Å². The number of hydrogen-bond donors (Lipinski definition) is 0. The molecule has 0 unspecified atom stereocenters. The average molecular weight is 356 g/mol. The summed E-state index contributed by atoms with van der Waals surface area (Å²) in [5, 5.41) is 0.976. The van der Waals surface area contributed by atoms with Crippen molar-refractivity contribution in [3.63, 3.8) is 0 Å². The normalized spacial score (nSPS) is 23.7. The summed E-state index contributed by atoms with van der Waals surface area (Å²) in [6.45, 7) is 7.75. The number of piperidine rings is 1. The molecule has 1 aromatic heterocycles. The van der Waals surface area contributed by atoms with E-state index in [1.54, 1.807) is 0 Å². The van der Waals surface area contributed by atoms with Crippen LogP contribution in [0.1, 0.15) is 38.8 Å². The Kier molecular flexibility index (Phi) is 4.61. The quantitative estimate of drug-likeness (QED) is 0.845. The molecule has 5 rings (SSSR count). The number of hydrogen-bond acceptors (Lipinski definition) is 4. The lowest BCUT2D eigenvalue weighted by Gasteiger charge is -2.36. The molecule has 0 aliphatic carbocycles. The molecule has 0 radical (unpaired) electrons. The monoisotopic (exact) mass is 355 g/mol. The third-order valence-electron chi connectivity index (χ3n) is 5.44. The summed E-state index contributed by atoms with van der Waals surface area (Å²) in [5.74, 6) is 0.766. The van der Waals surface area contributed by atoms with Gasteiger partial charge in [-0.2, -0.15) is 0 Å². The first kappa shape index (κ1) is 16.7. The summed E-state index contributed by atoms with van der Waals surface area (Å²) in [6, 6.07) is 11.2. The molecule has 3 saturated heterocycles. The van der Waals surface area contributed by atoms with Crippen LogP contribution in [0.3, 0.4) is 0 Å². The molecule has 3 fully saturated rings. The van der Waals surface area contributed by atoms with Gasteiger partial charge < -0.3 is 4.90 Å². The minimum atomic E-state index is 0.182. The van der Waals surface area contributed by atoms with Gasteiger partial charge in [0.1, 0.15) is 4.88 Å². The second-order valence-electron chi connectivity index (χ2n) is 7.37. The van der Waals surface area contributed by atoms with E-state index in [2.05, 4.69) is 45.1 Å². The summed E-state index contributed by atoms with van der Waals surface area (Å²) < 4.78 is 0. The summed E-state index contributed by atoms with van der Waals surface area (Å²) in [4.78, 5) is 23.0. The fourth-order valence-corrected chi connectivity index (χ4v) is 5.12. The minimum Gasteiger partial charge on any atom is -0.336 e. The van der Waals surface area contributed by atoms with Crippen LogP contribution in [0.15, 0.2) is 30.3 Å². The van der Waals surface area contributed by atoms with E-state index in [0.717, 1.165) is 41.8 Å². The molecule has 0 spiro atoms. The van der Waals surface area contributed by atoms with Crippen LogP contribution < -0.4 is 0 Å².